The molecule has 2 aromatic carbocycles. The Morgan fingerprint density at radius 1 is 1.08 bits per heavy atom. The maximum Gasteiger partial charge on any atom is 0.259 e. The molecule has 1 fully saturated rings. The number of hydrogen-bond donors (Lipinski definition) is 0. The van der Waals surface area contributed by atoms with E-state index < -0.39 is 0 Å². The third-order valence-electron chi connectivity index (χ3n) is 4.43. The number of hydrogen-bond acceptors (Lipinski definition) is 4. The highest BCUT2D eigenvalue weighted by molar-refractivity contribution is 6.06. The molecule has 0 atom stereocenters. The summed E-state index contributed by atoms with van der Waals surface area (Å²) in [5.74, 6) is 1.21. The molecule has 1 aliphatic heterocycles. The Kier molecular flexibility index (Phi) is 5.41. The number of benzene rings is 2. The summed E-state index contributed by atoms with van der Waals surface area (Å²) < 4.78 is 10.4. The molecule has 2 amide bonds. The van der Waals surface area contributed by atoms with E-state index in [9.17, 15) is 9.59 Å². The van der Waals surface area contributed by atoms with Crippen molar-refractivity contribution in [3.8, 4) is 11.5 Å². The average Bonchev–Trinajstić information content (AvgIpc) is 3.10. The lowest BCUT2D eigenvalue weighted by Crippen LogP contribution is -2.42. The highest BCUT2D eigenvalue weighted by Crippen LogP contribution is 2.24. The van der Waals surface area contributed by atoms with E-state index >= 15 is 0 Å². The van der Waals surface area contributed by atoms with Crippen LogP contribution in [0.1, 0.15) is 23.2 Å². The first-order valence-electron chi connectivity index (χ1n) is 8.50. The fourth-order valence-corrected chi connectivity index (χ4v) is 2.96. The van der Waals surface area contributed by atoms with Crippen LogP contribution in [0.4, 0.5) is 5.69 Å². The highest BCUT2D eigenvalue weighted by atomic mass is 16.5. The van der Waals surface area contributed by atoms with Crippen molar-refractivity contribution in [2.75, 3.05) is 32.3 Å². The zero-order valence-corrected chi connectivity index (χ0v) is 15.0. The second kappa shape index (κ2) is 7.91. The minimum Gasteiger partial charge on any atom is -0.497 e. The van der Waals surface area contributed by atoms with Crippen LogP contribution >= 0.6 is 0 Å². The Balaban J connectivity index is 1.92. The second-order valence-corrected chi connectivity index (χ2v) is 6.07. The van der Waals surface area contributed by atoms with Crippen LogP contribution in [-0.2, 0) is 4.79 Å². The summed E-state index contributed by atoms with van der Waals surface area (Å²) in [6, 6.07) is 14.2. The van der Waals surface area contributed by atoms with Gasteiger partial charge in [0.25, 0.3) is 5.91 Å². The molecular formula is C20H22N2O4. The molecule has 1 heterocycles. The van der Waals surface area contributed by atoms with Crippen LogP contribution < -0.4 is 14.4 Å². The minimum atomic E-state index is -0.186. The quantitative estimate of drug-likeness (QED) is 0.800. The number of nitrogens with zero attached hydrogens (tertiary/aromatic N) is 2. The first-order valence-corrected chi connectivity index (χ1v) is 8.50. The van der Waals surface area contributed by atoms with Crippen molar-refractivity contribution in [2.45, 2.75) is 12.8 Å². The molecule has 0 unspecified atom stereocenters. The molecule has 0 aliphatic carbocycles. The van der Waals surface area contributed by atoms with Gasteiger partial charge in [-0.15, -0.1) is 0 Å². The first-order chi connectivity index (χ1) is 12.6. The van der Waals surface area contributed by atoms with E-state index in [0.29, 0.717) is 35.7 Å². The van der Waals surface area contributed by atoms with E-state index in [0.717, 1.165) is 6.42 Å². The molecule has 1 saturated heterocycles. The number of anilines is 1. The third kappa shape index (κ3) is 3.79. The fourth-order valence-electron chi connectivity index (χ4n) is 2.96. The zero-order valence-electron chi connectivity index (χ0n) is 15.0. The highest BCUT2D eigenvalue weighted by Gasteiger charge is 2.26. The van der Waals surface area contributed by atoms with Gasteiger partial charge in [0, 0.05) is 24.2 Å². The summed E-state index contributed by atoms with van der Waals surface area (Å²) in [4.78, 5) is 28.5. The Morgan fingerprint density at radius 2 is 1.81 bits per heavy atom. The van der Waals surface area contributed by atoms with Gasteiger partial charge in [-0.1, -0.05) is 6.07 Å². The lowest BCUT2D eigenvalue weighted by Gasteiger charge is -2.28. The van der Waals surface area contributed by atoms with Crippen LogP contribution in [0, 0.1) is 0 Å². The van der Waals surface area contributed by atoms with E-state index in [4.69, 9.17) is 9.47 Å². The topological polar surface area (TPSA) is 59.1 Å². The van der Waals surface area contributed by atoms with Crippen molar-refractivity contribution in [1.29, 1.82) is 0 Å². The maximum atomic E-state index is 13.2. The van der Waals surface area contributed by atoms with Gasteiger partial charge in [0.15, 0.2) is 0 Å². The van der Waals surface area contributed by atoms with E-state index in [-0.39, 0.29) is 18.5 Å². The smallest absolute Gasteiger partial charge is 0.259 e. The average molecular weight is 354 g/mol. The van der Waals surface area contributed by atoms with Gasteiger partial charge in [-0.25, -0.2) is 0 Å². The third-order valence-corrected chi connectivity index (χ3v) is 4.43. The van der Waals surface area contributed by atoms with E-state index in [2.05, 4.69) is 0 Å². The monoisotopic (exact) mass is 354 g/mol. The Labute approximate surface area is 152 Å². The molecule has 0 spiro atoms. The van der Waals surface area contributed by atoms with E-state index in [1.54, 1.807) is 60.4 Å². The molecule has 3 rings (SSSR count). The standard InChI is InChI=1S/C20H22N2O4/c1-25-17-10-8-16(9-11-17)22(14-21-12-4-7-19(21)23)20(24)15-5-3-6-18(13-15)26-2/h3,5-6,8-11,13H,4,7,12,14H2,1-2H3. The van der Waals surface area contributed by atoms with Gasteiger partial charge in [0.2, 0.25) is 5.91 Å². The number of amides is 2. The molecule has 6 nitrogen and oxygen atoms in total. The SMILES string of the molecule is COc1ccc(N(CN2CCCC2=O)C(=O)c2cccc(OC)c2)cc1. The van der Waals surface area contributed by atoms with Gasteiger partial charge in [-0.05, 0) is 48.9 Å². The van der Waals surface area contributed by atoms with E-state index in [1.807, 2.05) is 12.1 Å². The summed E-state index contributed by atoms with van der Waals surface area (Å²) in [6.45, 7) is 0.887. The number of carbonyl (C=O) groups excluding carboxylic acids is 2. The van der Waals surface area contributed by atoms with Crippen LogP contribution in [-0.4, -0.2) is 44.1 Å². The van der Waals surface area contributed by atoms with Crippen molar-refractivity contribution in [3.05, 3.63) is 54.1 Å². The molecule has 2 aromatic rings. The van der Waals surface area contributed by atoms with Gasteiger partial charge in [-0.2, -0.15) is 0 Å². The molecule has 136 valence electrons. The van der Waals surface area contributed by atoms with Crippen LogP contribution in [0.2, 0.25) is 0 Å². The number of rotatable bonds is 6. The molecule has 26 heavy (non-hydrogen) atoms. The first kappa shape index (κ1) is 17.8. The van der Waals surface area contributed by atoms with Crippen molar-refractivity contribution >= 4 is 17.5 Å². The summed E-state index contributed by atoms with van der Waals surface area (Å²) in [6.07, 6.45) is 1.35. The molecule has 6 heteroatoms. The fraction of sp³-hybridized carbons (Fsp3) is 0.300. The predicted molar refractivity (Wildman–Crippen MR) is 98.6 cm³/mol. The molecule has 1 aliphatic rings. The molecule has 0 N–H and O–H groups in total. The van der Waals surface area contributed by atoms with Gasteiger partial charge in [-0.3, -0.25) is 14.5 Å². The Morgan fingerprint density at radius 3 is 2.42 bits per heavy atom. The normalized spacial score (nSPS) is 13.6. The van der Waals surface area contributed by atoms with Crippen molar-refractivity contribution < 1.29 is 19.1 Å². The van der Waals surface area contributed by atoms with Crippen LogP contribution in [0.15, 0.2) is 48.5 Å². The largest absolute Gasteiger partial charge is 0.497 e. The number of ether oxygens (including phenoxy) is 2. The van der Waals surface area contributed by atoms with Gasteiger partial charge < -0.3 is 14.4 Å². The molecule has 0 radical (unpaired) electrons. The number of likely N-dealkylation sites (tertiary alicyclic amines) is 1. The minimum absolute atomic E-state index is 0.0713. The van der Waals surface area contributed by atoms with Gasteiger partial charge in [0.05, 0.1) is 14.2 Å². The van der Waals surface area contributed by atoms with Crippen LogP contribution in [0.3, 0.4) is 0 Å². The lowest BCUT2D eigenvalue weighted by molar-refractivity contribution is -0.127. The summed E-state index contributed by atoms with van der Waals surface area (Å²) >= 11 is 0. The number of carbonyl (C=O) groups is 2. The summed E-state index contributed by atoms with van der Waals surface area (Å²) in [5, 5.41) is 0. The summed E-state index contributed by atoms with van der Waals surface area (Å²) in [5.41, 5.74) is 1.21. The lowest BCUT2D eigenvalue weighted by atomic mass is 10.1. The Hall–Kier alpha value is -3.02. The van der Waals surface area contributed by atoms with Crippen molar-refractivity contribution in [1.82, 2.24) is 4.90 Å². The van der Waals surface area contributed by atoms with Crippen molar-refractivity contribution in [2.24, 2.45) is 0 Å². The summed E-state index contributed by atoms with van der Waals surface area (Å²) in [7, 11) is 3.16. The van der Waals surface area contributed by atoms with E-state index in [1.165, 1.54) is 0 Å². The molecular weight excluding hydrogens is 332 g/mol. The predicted octanol–water partition coefficient (Wildman–Crippen LogP) is 2.93. The van der Waals surface area contributed by atoms with Crippen LogP contribution in [0.5, 0.6) is 11.5 Å². The maximum absolute atomic E-state index is 13.2. The Bertz CT molecular complexity index is 789. The zero-order chi connectivity index (χ0) is 18.5. The van der Waals surface area contributed by atoms with Crippen molar-refractivity contribution in [3.63, 3.8) is 0 Å². The molecule has 0 aromatic heterocycles. The second-order valence-electron chi connectivity index (χ2n) is 6.07. The van der Waals surface area contributed by atoms with Gasteiger partial charge in [0.1, 0.15) is 18.2 Å². The van der Waals surface area contributed by atoms with Gasteiger partial charge >= 0.3 is 0 Å². The number of methoxy groups -OCH3 is 2. The molecule has 0 bridgehead atoms. The van der Waals surface area contributed by atoms with Crippen LogP contribution in [0.25, 0.3) is 0 Å². The molecule has 0 saturated carbocycles.